The number of nitrogens with zero attached hydrogens (tertiary/aromatic N) is 2. The molecule has 0 aliphatic heterocycles. The molecule has 1 aromatic heterocycles. The second-order valence-electron chi connectivity index (χ2n) is 8.04. The van der Waals surface area contributed by atoms with Crippen LogP contribution in [0.2, 0.25) is 0 Å². The summed E-state index contributed by atoms with van der Waals surface area (Å²) in [6, 6.07) is 9.51. The average Bonchev–Trinajstić information content (AvgIpc) is 3.11. The maximum atomic E-state index is 12.2. The van der Waals surface area contributed by atoms with E-state index in [1.807, 2.05) is 30.3 Å². The Kier molecular flexibility index (Phi) is 5.82. The zero-order valence-corrected chi connectivity index (χ0v) is 17.0. The molecule has 1 heterocycles. The van der Waals surface area contributed by atoms with Gasteiger partial charge in [-0.2, -0.15) is 5.10 Å². The van der Waals surface area contributed by atoms with Gasteiger partial charge in [-0.1, -0.05) is 39.0 Å². The molecule has 1 amide bonds. The normalized spacial score (nSPS) is 11.8. The van der Waals surface area contributed by atoms with Gasteiger partial charge in [-0.05, 0) is 46.7 Å². The third kappa shape index (κ3) is 4.90. The van der Waals surface area contributed by atoms with Gasteiger partial charge in [0.2, 0.25) is 5.91 Å². The maximum Gasteiger partial charge on any atom is 0.244 e. The van der Waals surface area contributed by atoms with Gasteiger partial charge in [0.05, 0.1) is 30.0 Å². The first kappa shape index (κ1) is 20.3. The van der Waals surface area contributed by atoms with Crippen LogP contribution in [0.1, 0.15) is 43.0 Å². The van der Waals surface area contributed by atoms with Gasteiger partial charge in [-0.15, -0.1) is 6.58 Å². The van der Waals surface area contributed by atoms with Crippen LogP contribution >= 0.6 is 0 Å². The van der Waals surface area contributed by atoms with Crippen LogP contribution < -0.4 is 5.43 Å². The van der Waals surface area contributed by atoms with Crippen molar-refractivity contribution in [2.45, 2.75) is 39.0 Å². The first-order valence-corrected chi connectivity index (χ1v) is 9.49. The van der Waals surface area contributed by atoms with Crippen LogP contribution in [0.3, 0.4) is 0 Å². The zero-order valence-electron chi connectivity index (χ0n) is 17.0. The number of aromatic amines is 1. The van der Waals surface area contributed by atoms with Gasteiger partial charge in [0.1, 0.15) is 5.75 Å². The zero-order chi connectivity index (χ0) is 21.0. The van der Waals surface area contributed by atoms with Crippen LogP contribution in [0, 0.1) is 0 Å². The topological polar surface area (TPSA) is 90.4 Å². The summed E-state index contributed by atoms with van der Waals surface area (Å²) in [4.78, 5) is 19.4. The Labute approximate surface area is 170 Å². The molecule has 6 nitrogen and oxygen atoms in total. The number of aromatic nitrogens is 2. The molecule has 0 aliphatic rings. The number of carbonyl (C=O) groups excluding carboxylic acids is 1. The number of phenolic OH excluding ortho intramolecular Hbond substituents is 1. The number of rotatable bonds is 6. The van der Waals surface area contributed by atoms with E-state index in [0.717, 1.165) is 27.7 Å². The molecule has 6 heteroatoms. The molecule has 150 valence electrons. The Morgan fingerprint density at radius 2 is 2.10 bits per heavy atom. The third-order valence-corrected chi connectivity index (χ3v) is 4.69. The molecule has 0 atom stereocenters. The number of allylic oxidation sites excluding steroid dienone is 1. The number of benzene rings is 2. The van der Waals surface area contributed by atoms with Gasteiger partial charge in [0, 0.05) is 5.56 Å². The minimum Gasteiger partial charge on any atom is -0.507 e. The predicted molar refractivity (Wildman–Crippen MR) is 116 cm³/mol. The second kappa shape index (κ2) is 8.31. The molecule has 2 aromatic carbocycles. The summed E-state index contributed by atoms with van der Waals surface area (Å²) in [6.07, 6.45) is 5.60. The fraction of sp³-hybridized carbons (Fsp3) is 0.261. The molecular weight excluding hydrogens is 364 g/mol. The van der Waals surface area contributed by atoms with E-state index < -0.39 is 0 Å². The number of imidazole rings is 1. The molecule has 0 spiro atoms. The van der Waals surface area contributed by atoms with Gasteiger partial charge < -0.3 is 10.1 Å². The molecule has 0 aliphatic carbocycles. The molecule has 0 radical (unpaired) electrons. The number of hydrogen-bond donors (Lipinski definition) is 3. The van der Waals surface area contributed by atoms with E-state index in [0.29, 0.717) is 12.0 Å². The van der Waals surface area contributed by atoms with Crippen molar-refractivity contribution in [3.05, 3.63) is 71.6 Å². The van der Waals surface area contributed by atoms with E-state index in [2.05, 4.69) is 47.8 Å². The van der Waals surface area contributed by atoms with E-state index in [1.54, 1.807) is 12.4 Å². The summed E-state index contributed by atoms with van der Waals surface area (Å²) in [5.41, 5.74) is 7.48. The number of aromatic hydroxyl groups is 1. The van der Waals surface area contributed by atoms with E-state index in [1.165, 1.54) is 6.21 Å². The summed E-state index contributed by atoms with van der Waals surface area (Å²) >= 11 is 0. The van der Waals surface area contributed by atoms with Crippen molar-refractivity contribution >= 4 is 23.2 Å². The maximum absolute atomic E-state index is 12.2. The number of phenols is 1. The molecule has 0 fully saturated rings. The monoisotopic (exact) mass is 390 g/mol. The van der Waals surface area contributed by atoms with Crippen LogP contribution in [0.25, 0.3) is 11.0 Å². The summed E-state index contributed by atoms with van der Waals surface area (Å²) in [7, 11) is 0. The van der Waals surface area contributed by atoms with Crippen LogP contribution in [0.5, 0.6) is 5.75 Å². The van der Waals surface area contributed by atoms with Crippen LogP contribution in [-0.4, -0.2) is 27.2 Å². The molecule has 3 N–H and O–H groups in total. The van der Waals surface area contributed by atoms with Crippen molar-refractivity contribution in [1.82, 2.24) is 15.4 Å². The molecule has 3 rings (SSSR count). The van der Waals surface area contributed by atoms with Gasteiger partial charge in [0.25, 0.3) is 0 Å². The number of hydrogen-bond acceptors (Lipinski definition) is 4. The SMILES string of the molecule is C=CCc1cc(C(C)(C)C)cc(/C=N/NC(=O)Cc2ccc3nc[nH]c3c2)c1O. The van der Waals surface area contributed by atoms with Gasteiger partial charge in [0.15, 0.2) is 0 Å². The number of hydrazone groups is 1. The lowest BCUT2D eigenvalue weighted by atomic mass is 9.84. The Morgan fingerprint density at radius 1 is 1.31 bits per heavy atom. The van der Waals surface area contributed by atoms with Gasteiger partial charge in [-0.3, -0.25) is 4.79 Å². The fourth-order valence-electron chi connectivity index (χ4n) is 3.05. The second-order valence-corrected chi connectivity index (χ2v) is 8.04. The fourth-order valence-corrected chi connectivity index (χ4v) is 3.05. The molecule has 0 saturated heterocycles. The molecule has 0 bridgehead atoms. The number of carbonyl (C=O) groups is 1. The summed E-state index contributed by atoms with van der Waals surface area (Å²) in [6.45, 7) is 10.1. The van der Waals surface area contributed by atoms with Crippen molar-refractivity contribution in [2.75, 3.05) is 0 Å². The lowest BCUT2D eigenvalue weighted by molar-refractivity contribution is -0.120. The van der Waals surface area contributed by atoms with Gasteiger partial charge in [-0.25, -0.2) is 10.4 Å². The van der Waals surface area contributed by atoms with Crippen molar-refractivity contribution in [2.24, 2.45) is 5.10 Å². The number of fused-ring (bicyclic) bond motifs is 1. The van der Waals surface area contributed by atoms with Crippen molar-refractivity contribution in [1.29, 1.82) is 0 Å². The summed E-state index contributed by atoms with van der Waals surface area (Å²) < 4.78 is 0. The molecule has 0 saturated carbocycles. The number of H-pyrrole nitrogens is 1. The van der Waals surface area contributed by atoms with E-state index in [9.17, 15) is 9.90 Å². The minimum atomic E-state index is -0.238. The summed E-state index contributed by atoms with van der Waals surface area (Å²) in [5.74, 6) is -0.0847. The van der Waals surface area contributed by atoms with E-state index in [4.69, 9.17) is 0 Å². The minimum absolute atomic E-state index is 0.0826. The predicted octanol–water partition coefficient (Wildman–Crippen LogP) is 3.99. The van der Waals surface area contributed by atoms with Gasteiger partial charge >= 0.3 is 0 Å². The van der Waals surface area contributed by atoms with Crippen LogP contribution in [-0.2, 0) is 23.1 Å². The highest BCUT2D eigenvalue weighted by Crippen LogP contribution is 2.30. The number of amides is 1. The Morgan fingerprint density at radius 3 is 2.83 bits per heavy atom. The molecule has 29 heavy (non-hydrogen) atoms. The van der Waals surface area contributed by atoms with Crippen molar-refractivity contribution in [3.63, 3.8) is 0 Å². The summed E-state index contributed by atoms with van der Waals surface area (Å²) in [5, 5.41) is 14.6. The lowest BCUT2D eigenvalue weighted by Crippen LogP contribution is -2.20. The Balaban J connectivity index is 1.73. The Bertz CT molecular complexity index is 1070. The first-order valence-electron chi connectivity index (χ1n) is 9.49. The van der Waals surface area contributed by atoms with Crippen LogP contribution in [0.15, 0.2) is 54.4 Å². The lowest BCUT2D eigenvalue weighted by Gasteiger charge is -2.21. The highest BCUT2D eigenvalue weighted by molar-refractivity contribution is 5.87. The molecule has 0 unspecified atom stereocenters. The highest BCUT2D eigenvalue weighted by Gasteiger charge is 2.17. The Hall–Kier alpha value is -3.41. The first-order chi connectivity index (χ1) is 13.8. The largest absolute Gasteiger partial charge is 0.507 e. The molecule has 3 aromatic rings. The third-order valence-electron chi connectivity index (χ3n) is 4.69. The standard InChI is InChI=1S/C23H26N4O2/c1-5-6-16-11-18(23(2,3)4)12-17(22(16)29)13-26-27-21(28)10-15-7-8-19-20(9-15)25-14-24-19/h5,7-9,11-14,29H,1,6,10H2,2-4H3,(H,24,25)(H,27,28)/b26-13+. The quantitative estimate of drug-likeness (QED) is 0.338. The van der Waals surface area contributed by atoms with Crippen molar-refractivity contribution in [3.8, 4) is 5.75 Å². The van der Waals surface area contributed by atoms with E-state index in [-0.39, 0.29) is 23.5 Å². The smallest absolute Gasteiger partial charge is 0.244 e. The number of nitrogens with one attached hydrogen (secondary N) is 2. The highest BCUT2D eigenvalue weighted by atomic mass is 16.3. The molecular formula is C23H26N4O2. The van der Waals surface area contributed by atoms with E-state index >= 15 is 0 Å². The van der Waals surface area contributed by atoms with Crippen LogP contribution in [0.4, 0.5) is 0 Å². The van der Waals surface area contributed by atoms with Crippen molar-refractivity contribution < 1.29 is 9.90 Å². The average molecular weight is 390 g/mol.